The highest BCUT2D eigenvalue weighted by molar-refractivity contribution is 7.13. The molecule has 1 aromatic carbocycles. The van der Waals surface area contributed by atoms with Gasteiger partial charge in [0.05, 0.1) is 17.0 Å². The molecule has 3 atom stereocenters. The van der Waals surface area contributed by atoms with Gasteiger partial charge >= 0.3 is 0 Å². The number of nitrogens with zero attached hydrogens (tertiary/aromatic N) is 2. The monoisotopic (exact) mass is 423 g/mol. The molecule has 4 nitrogen and oxygen atoms in total. The second-order valence-corrected chi connectivity index (χ2v) is 9.16. The molecule has 0 aliphatic carbocycles. The topological polar surface area (TPSA) is 51.0 Å². The zero-order valence-electron chi connectivity index (χ0n) is 16.8. The summed E-state index contributed by atoms with van der Waals surface area (Å²) in [4.78, 5) is 2.26. The number of benzene rings is 1. The smallest absolute Gasteiger partial charge is 0.257 e. The number of hydrogen-bond acceptors (Lipinski definition) is 6. The summed E-state index contributed by atoms with van der Waals surface area (Å²) < 4.78 is 5.94. The van der Waals surface area contributed by atoms with Crippen LogP contribution in [0.4, 0.5) is 0 Å². The zero-order chi connectivity index (χ0) is 20.2. The Bertz CT molecular complexity index is 1010. The number of rotatable bonds is 8. The van der Waals surface area contributed by atoms with E-state index in [2.05, 4.69) is 78.1 Å². The minimum atomic E-state index is -0.0717. The zero-order valence-corrected chi connectivity index (χ0v) is 18.5. The SMILES string of the molecule is CC[C@@H](C)c1ccc([C@@H](N[C@@H](C)c2nnc(-c3cccs3)o2)c2cccs2)cc1. The maximum absolute atomic E-state index is 5.94. The summed E-state index contributed by atoms with van der Waals surface area (Å²) in [6.07, 6.45) is 1.15. The van der Waals surface area contributed by atoms with Crippen LogP contribution in [-0.2, 0) is 0 Å². The second-order valence-electron chi connectivity index (χ2n) is 7.24. The molecule has 0 amide bonds. The predicted molar refractivity (Wildman–Crippen MR) is 120 cm³/mol. The molecule has 0 radical (unpaired) electrons. The van der Waals surface area contributed by atoms with E-state index in [4.69, 9.17) is 4.42 Å². The van der Waals surface area contributed by atoms with Crippen molar-refractivity contribution in [2.24, 2.45) is 0 Å². The van der Waals surface area contributed by atoms with Crippen molar-refractivity contribution in [3.8, 4) is 10.8 Å². The highest BCUT2D eigenvalue weighted by atomic mass is 32.1. The first-order valence-electron chi connectivity index (χ1n) is 9.92. The van der Waals surface area contributed by atoms with E-state index in [9.17, 15) is 0 Å². The summed E-state index contributed by atoms with van der Waals surface area (Å²) in [7, 11) is 0. The normalized spacial score (nSPS) is 14.6. The molecule has 0 unspecified atom stereocenters. The highest BCUT2D eigenvalue weighted by Crippen LogP contribution is 2.31. The Kier molecular flexibility index (Phi) is 6.23. The largest absolute Gasteiger partial charge is 0.418 e. The maximum Gasteiger partial charge on any atom is 0.257 e. The van der Waals surface area contributed by atoms with E-state index in [0.29, 0.717) is 17.7 Å². The van der Waals surface area contributed by atoms with Crippen LogP contribution in [0.2, 0.25) is 0 Å². The minimum Gasteiger partial charge on any atom is -0.418 e. The van der Waals surface area contributed by atoms with Gasteiger partial charge in [-0.1, -0.05) is 50.2 Å². The molecular weight excluding hydrogens is 398 g/mol. The Labute approximate surface area is 179 Å². The molecule has 0 fully saturated rings. The number of hydrogen-bond donors (Lipinski definition) is 1. The van der Waals surface area contributed by atoms with Crippen molar-refractivity contribution in [1.82, 2.24) is 15.5 Å². The first-order valence-corrected chi connectivity index (χ1v) is 11.7. The third-order valence-corrected chi connectivity index (χ3v) is 7.03. The number of nitrogens with one attached hydrogen (secondary N) is 1. The van der Waals surface area contributed by atoms with E-state index in [0.717, 1.165) is 11.3 Å². The van der Waals surface area contributed by atoms with Crippen LogP contribution in [0.3, 0.4) is 0 Å². The van der Waals surface area contributed by atoms with E-state index < -0.39 is 0 Å². The molecule has 3 heterocycles. The Balaban J connectivity index is 1.56. The fourth-order valence-electron chi connectivity index (χ4n) is 3.28. The summed E-state index contributed by atoms with van der Waals surface area (Å²) in [5, 5.41) is 16.3. The van der Waals surface area contributed by atoms with Gasteiger partial charge in [0.15, 0.2) is 0 Å². The minimum absolute atomic E-state index is 0.0717. The molecule has 3 aromatic heterocycles. The lowest BCUT2D eigenvalue weighted by Gasteiger charge is -2.22. The standard InChI is InChI=1S/C23H25N3OS2/c1-4-15(2)17-9-11-18(12-10-17)21(19-7-5-13-28-19)24-16(3)22-25-26-23(27-22)20-8-6-14-29-20/h5-16,21,24H,4H2,1-3H3/t15-,16+,21-/m1/s1. The first kappa shape index (κ1) is 20.0. The molecular formula is C23H25N3OS2. The fourth-order valence-corrected chi connectivity index (χ4v) is 4.74. The molecule has 4 rings (SSSR count). The quantitative estimate of drug-likeness (QED) is 0.338. The summed E-state index contributed by atoms with van der Waals surface area (Å²) in [5.41, 5.74) is 2.62. The molecule has 1 N–H and O–H groups in total. The van der Waals surface area contributed by atoms with Gasteiger partial charge in [-0.25, -0.2) is 0 Å². The van der Waals surface area contributed by atoms with Gasteiger partial charge in [0.1, 0.15) is 0 Å². The van der Waals surface area contributed by atoms with Crippen molar-refractivity contribution in [1.29, 1.82) is 0 Å². The predicted octanol–water partition coefficient (Wildman–Crippen LogP) is 6.81. The van der Waals surface area contributed by atoms with Crippen molar-refractivity contribution in [3.63, 3.8) is 0 Å². The maximum atomic E-state index is 5.94. The third kappa shape index (κ3) is 4.50. The molecule has 0 saturated heterocycles. The molecule has 6 heteroatoms. The lowest BCUT2D eigenvalue weighted by atomic mass is 9.95. The van der Waals surface area contributed by atoms with E-state index in [1.807, 2.05) is 17.5 Å². The van der Waals surface area contributed by atoms with E-state index in [1.54, 1.807) is 22.7 Å². The second kappa shape index (κ2) is 9.03. The van der Waals surface area contributed by atoms with Crippen LogP contribution in [0.25, 0.3) is 10.8 Å². The van der Waals surface area contributed by atoms with Gasteiger partial charge in [-0.15, -0.1) is 32.9 Å². The molecule has 150 valence electrons. The Morgan fingerprint density at radius 2 is 1.66 bits per heavy atom. The Hall–Kier alpha value is -2.28. The van der Waals surface area contributed by atoms with Crippen LogP contribution in [0.15, 0.2) is 63.7 Å². The van der Waals surface area contributed by atoms with Crippen molar-refractivity contribution >= 4 is 22.7 Å². The summed E-state index contributed by atoms with van der Waals surface area (Å²) in [6.45, 7) is 6.57. The van der Waals surface area contributed by atoms with E-state index in [-0.39, 0.29) is 12.1 Å². The van der Waals surface area contributed by atoms with Crippen LogP contribution in [0.1, 0.15) is 67.1 Å². The first-order chi connectivity index (χ1) is 14.2. The van der Waals surface area contributed by atoms with Gasteiger partial charge < -0.3 is 4.42 Å². The molecule has 0 saturated carbocycles. The average molecular weight is 424 g/mol. The molecule has 4 aromatic rings. The van der Waals surface area contributed by atoms with Crippen molar-refractivity contribution in [3.05, 3.63) is 81.2 Å². The number of aromatic nitrogens is 2. The molecule has 0 bridgehead atoms. The van der Waals surface area contributed by atoms with Crippen LogP contribution in [0.5, 0.6) is 0 Å². The fraction of sp³-hybridized carbons (Fsp3) is 0.304. The van der Waals surface area contributed by atoms with Gasteiger partial charge in [-0.2, -0.15) is 0 Å². The summed E-state index contributed by atoms with van der Waals surface area (Å²) >= 11 is 3.35. The van der Waals surface area contributed by atoms with Gasteiger partial charge in [-0.05, 0) is 53.3 Å². The summed E-state index contributed by atoms with van der Waals surface area (Å²) in [6, 6.07) is 17.2. The van der Waals surface area contributed by atoms with Gasteiger partial charge in [0.25, 0.3) is 5.89 Å². The van der Waals surface area contributed by atoms with Crippen LogP contribution in [0, 0.1) is 0 Å². The van der Waals surface area contributed by atoms with Crippen molar-refractivity contribution in [2.75, 3.05) is 0 Å². The average Bonchev–Trinajstić information content (AvgIpc) is 3.52. The summed E-state index contributed by atoms with van der Waals surface area (Å²) in [5.74, 6) is 1.76. The lowest BCUT2D eigenvalue weighted by molar-refractivity contribution is 0.405. The van der Waals surface area contributed by atoms with E-state index >= 15 is 0 Å². The van der Waals surface area contributed by atoms with Crippen LogP contribution >= 0.6 is 22.7 Å². The van der Waals surface area contributed by atoms with Gasteiger partial charge in [0.2, 0.25) is 5.89 Å². The molecule has 0 spiro atoms. The Morgan fingerprint density at radius 3 is 2.31 bits per heavy atom. The molecule has 0 aliphatic rings. The van der Waals surface area contributed by atoms with Gasteiger partial charge in [-0.3, -0.25) is 5.32 Å². The van der Waals surface area contributed by atoms with Crippen LogP contribution in [-0.4, -0.2) is 10.2 Å². The third-order valence-electron chi connectivity index (χ3n) is 5.24. The molecule has 29 heavy (non-hydrogen) atoms. The van der Waals surface area contributed by atoms with Crippen molar-refractivity contribution in [2.45, 2.75) is 45.2 Å². The van der Waals surface area contributed by atoms with Gasteiger partial charge in [0, 0.05) is 4.88 Å². The number of thiophene rings is 2. The highest BCUT2D eigenvalue weighted by Gasteiger charge is 2.22. The van der Waals surface area contributed by atoms with E-state index in [1.165, 1.54) is 16.0 Å². The lowest BCUT2D eigenvalue weighted by Crippen LogP contribution is -2.25. The van der Waals surface area contributed by atoms with Crippen molar-refractivity contribution < 1.29 is 4.42 Å². The molecule has 0 aliphatic heterocycles. The Morgan fingerprint density at radius 1 is 0.931 bits per heavy atom. The van der Waals surface area contributed by atoms with Crippen LogP contribution < -0.4 is 5.32 Å².